The molecule has 0 fully saturated rings. The zero-order valence-corrected chi connectivity index (χ0v) is 14.1. The molecule has 1 aromatic heterocycles. The van der Waals surface area contributed by atoms with Gasteiger partial charge < -0.3 is 10.2 Å². The Labute approximate surface area is 138 Å². The fraction of sp³-hybridized carbons (Fsp3) is 0.312. The smallest absolute Gasteiger partial charge is 0.272 e. The van der Waals surface area contributed by atoms with Crippen molar-refractivity contribution >= 4 is 22.9 Å². The second-order valence-corrected chi connectivity index (χ2v) is 6.28. The summed E-state index contributed by atoms with van der Waals surface area (Å²) in [6.45, 7) is 2.10. The molecule has 1 heterocycles. The minimum atomic E-state index is -0.449. The van der Waals surface area contributed by atoms with E-state index >= 15 is 0 Å². The molecule has 1 amide bonds. The number of benzene rings is 1. The van der Waals surface area contributed by atoms with Crippen LogP contribution in [0.5, 0.6) is 0 Å². The molecule has 0 saturated carbocycles. The molecule has 0 bridgehead atoms. The van der Waals surface area contributed by atoms with Crippen molar-refractivity contribution in [1.82, 2.24) is 10.2 Å². The van der Waals surface area contributed by atoms with E-state index in [2.05, 4.69) is 10.7 Å². The highest BCUT2D eigenvalue weighted by Crippen LogP contribution is 2.21. The van der Waals surface area contributed by atoms with Crippen LogP contribution in [-0.4, -0.2) is 36.4 Å². The lowest BCUT2D eigenvalue weighted by Crippen LogP contribution is -2.34. The van der Waals surface area contributed by atoms with Crippen molar-refractivity contribution in [1.29, 1.82) is 0 Å². The van der Waals surface area contributed by atoms with Gasteiger partial charge in [-0.15, -0.1) is 0 Å². The minimum absolute atomic E-state index is 0.0194. The van der Waals surface area contributed by atoms with Gasteiger partial charge >= 0.3 is 0 Å². The fourth-order valence-corrected chi connectivity index (χ4v) is 3.06. The molecule has 0 radical (unpaired) electrons. The summed E-state index contributed by atoms with van der Waals surface area (Å²) in [7, 11) is 3.93. The molecule has 1 atom stereocenters. The first kappa shape index (κ1) is 17.1. The third kappa shape index (κ3) is 4.14. The van der Waals surface area contributed by atoms with Gasteiger partial charge in [0.25, 0.3) is 11.6 Å². The number of carbonyl (C=O) groups is 1. The van der Waals surface area contributed by atoms with E-state index in [1.807, 2.05) is 30.4 Å². The van der Waals surface area contributed by atoms with Gasteiger partial charge in [-0.1, -0.05) is 0 Å². The Morgan fingerprint density at radius 1 is 1.39 bits per heavy atom. The molecule has 0 saturated heterocycles. The molecule has 2 aromatic rings. The zero-order chi connectivity index (χ0) is 17.0. The lowest BCUT2D eigenvalue weighted by Gasteiger charge is -2.24. The van der Waals surface area contributed by atoms with Crippen LogP contribution in [0.15, 0.2) is 35.0 Å². The summed E-state index contributed by atoms with van der Waals surface area (Å²) in [5, 5.41) is 17.8. The molecule has 1 unspecified atom stereocenters. The number of rotatable bonds is 6. The van der Waals surface area contributed by atoms with Gasteiger partial charge in [-0.3, -0.25) is 14.9 Å². The quantitative estimate of drug-likeness (QED) is 0.651. The van der Waals surface area contributed by atoms with E-state index in [0.717, 1.165) is 5.56 Å². The molecule has 6 nitrogen and oxygen atoms in total. The number of nitrogens with one attached hydrogen (secondary N) is 1. The van der Waals surface area contributed by atoms with Gasteiger partial charge in [-0.2, -0.15) is 11.3 Å². The number of nitrogens with zero attached hydrogens (tertiary/aromatic N) is 2. The van der Waals surface area contributed by atoms with E-state index in [1.165, 1.54) is 12.1 Å². The first-order valence-electron chi connectivity index (χ1n) is 7.12. The fourth-order valence-electron chi connectivity index (χ4n) is 2.36. The average Bonchev–Trinajstić information content (AvgIpc) is 3.00. The van der Waals surface area contributed by atoms with Gasteiger partial charge in [0.05, 0.1) is 11.0 Å². The van der Waals surface area contributed by atoms with Gasteiger partial charge in [0.1, 0.15) is 0 Å². The van der Waals surface area contributed by atoms with E-state index in [0.29, 0.717) is 17.7 Å². The number of aryl methyl sites for hydroxylation is 1. The summed E-state index contributed by atoms with van der Waals surface area (Å²) in [5.74, 6) is -0.231. The Balaban J connectivity index is 2.07. The molecule has 7 heteroatoms. The summed E-state index contributed by atoms with van der Waals surface area (Å²) in [6, 6.07) is 6.52. The van der Waals surface area contributed by atoms with Gasteiger partial charge in [-0.05, 0) is 55.5 Å². The molecule has 2 rings (SSSR count). The van der Waals surface area contributed by atoms with E-state index in [1.54, 1.807) is 24.3 Å². The van der Waals surface area contributed by atoms with Gasteiger partial charge in [-0.25, -0.2) is 0 Å². The monoisotopic (exact) mass is 333 g/mol. The number of hydrogen-bond donors (Lipinski definition) is 1. The third-order valence-corrected chi connectivity index (χ3v) is 4.36. The lowest BCUT2D eigenvalue weighted by atomic mass is 10.1. The summed E-state index contributed by atoms with van der Waals surface area (Å²) in [4.78, 5) is 24.7. The molecule has 0 aliphatic heterocycles. The van der Waals surface area contributed by atoms with Gasteiger partial charge in [0, 0.05) is 23.7 Å². The number of carbonyl (C=O) groups excluding carboxylic acids is 1. The van der Waals surface area contributed by atoms with Gasteiger partial charge in [0.15, 0.2) is 0 Å². The predicted molar refractivity (Wildman–Crippen MR) is 90.9 cm³/mol. The number of nitro groups is 1. The summed E-state index contributed by atoms with van der Waals surface area (Å²) < 4.78 is 0. The summed E-state index contributed by atoms with van der Waals surface area (Å²) >= 11 is 1.62. The largest absolute Gasteiger partial charge is 0.350 e. The van der Waals surface area contributed by atoms with Crippen molar-refractivity contribution < 1.29 is 9.72 Å². The van der Waals surface area contributed by atoms with Crippen LogP contribution >= 0.6 is 11.3 Å². The Morgan fingerprint density at radius 3 is 2.65 bits per heavy atom. The SMILES string of the molecule is Cc1cc(C(=O)NCC(c2ccsc2)N(C)C)ccc1[N+](=O)[O-]. The van der Waals surface area contributed by atoms with Crippen molar-refractivity contribution in [2.75, 3.05) is 20.6 Å². The molecule has 1 aromatic carbocycles. The topological polar surface area (TPSA) is 75.5 Å². The highest BCUT2D eigenvalue weighted by atomic mass is 32.1. The lowest BCUT2D eigenvalue weighted by molar-refractivity contribution is -0.385. The Bertz CT molecular complexity index is 699. The molecule has 23 heavy (non-hydrogen) atoms. The first-order chi connectivity index (χ1) is 10.9. The van der Waals surface area contributed by atoms with E-state index in [4.69, 9.17) is 0 Å². The minimum Gasteiger partial charge on any atom is -0.350 e. The van der Waals surface area contributed by atoms with Crippen LogP contribution < -0.4 is 5.32 Å². The molecule has 0 aliphatic rings. The molecular formula is C16H19N3O3S. The second-order valence-electron chi connectivity index (χ2n) is 5.50. The van der Waals surface area contributed by atoms with Crippen LogP contribution in [-0.2, 0) is 0 Å². The molecule has 1 N–H and O–H groups in total. The average molecular weight is 333 g/mol. The third-order valence-electron chi connectivity index (χ3n) is 3.66. The Hall–Kier alpha value is -2.25. The normalized spacial score (nSPS) is 12.2. The Kier molecular flexibility index (Phi) is 5.46. The van der Waals surface area contributed by atoms with Gasteiger partial charge in [0.2, 0.25) is 0 Å². The van der Waals surface area contributed by atoms with Crippen LogP contribution in [0, 0.1) is 17.0 Å². The maximum Gasteiger partial charge on any atom is 0.272 e. The van der Waals surface area contributed by atoms with Crippen LogP contribution in [0.1, 0.15) is 27.5 Å². The zero-order valence-electron chi connectivity index (χ0n) is 13.3. The van der Waals surface area contributed by atoms with E-state index < -0.39 is 4.92 Å². The number of likely N-dealkylation sites (N-methyl/N-ethyl adjacent to an activating group) is 1. The summed E-state index contributed by atoms with van der Waals surface area (Å²) in [5.41, 5.74) is 2.08. The highest BCUT2D eigenvalue weighted by Gasteiger charge is 2.17. The summed E-state index contributed by atoms with van der Waals surface area (Å²) in [6.07, 6.45) is 0. The molecule has 0 spiro atoms. The Morgan fingerprint density at radius 2 is 2.13 bits per heavy atom. The molecular weight excluding hydrogens is 314 g/mol. The highest BCUT2D eigenvalue weighted by molar-refractivity contribution is 7.07. The number of nitro benzene ring substituents is 1. The standard InChI is InChI=1S/C16H19N3O3S/c1-11-8-12(4-5-14(11)19(21)22)16(20)17-9-15(18(2)3)13-6-7-23-10-13/h4-8,10,15H,9H2,1-3H3,(H,17,20). The van der Waals surface area contributed by atoms with Crippen LogP contribution in [0.4, 0.5) is 5.69 Å². The van der Waals surface area contributed by atoms with E-state index in [-0.39, 0.29) is 17.6 Å². The first-order valence-corrected chi connectivity index (χ1v) is 8.06. The molecule has 122 valence electrons. The number of hydrogen-bond acceptors (Lipinski definition) is 5. The van der Waals surface area contributed by atoms with E-state index in [9.17, 15) is 14.9 Å². The van der Waals surface area contributed by atoms with Crippen molar-refractivity contribution in [3.8, 4) is 0 Å². The maximum absolute atomic E-state index is 12.3. The predicted octanol–water partition coefficient (Wildman–Crippen LogP) is 3.00. The second kappa shape index (κ2) is 7.34. The van der Waals surface area contributed by atoms with Crippen molar-refractivity contribution in [2.45, 2.75) is 13.0 Å². The number of amides is 1. The van der Waals surface area contributed by atoms with Crippen molar-refractivity contribution in [2.24, 2.45) is 0 Å². The van der Waals surface area contributed by atoms with Crippen molar-refractivity contribution in [3.05, 3.63) is 61.8 Å². The van der Waals surface area contributed by atoms with Crippen LogP contribution in [0.25, 0.3) is 0 Å². The van der Waals surface area contributed by atoms with Crippen molar-refractivity contribution in [3.63, 3.8) is 0 Å². The number of thiophene rings is 1. The van der Waals surface area contributed by atoms with Crippen LogP contribution in [0.3, 0.4) is 0 Å². The molecule has 0 aliphatic carbocycles. The van der Waals surface area contributed by atoms with Crippen LogP contribution in [0.2, 0.25) is 0 Å². The maximum atomic E-state index is 12.3.